The van der Waals surface area contributed by atoms with E-state index < -0.39 is 0 Å². The summed E-state index contributed by atoms with van der Waals surface area (Å²) in [5, 5.41) is 8.98. The lowest BCUT2D eigenvalue weighted by atomic mass is 10.1. The summed E-state index contributed by atoms with van der Waals surface area (Å²) >= 11 is 0. The van der Waals surface area contributed by atoms with Gasteiger partial charge in [-0.1, -0.05) is 41.6 Å². The van der Waals surface area contributed by atoms with Crippen molar-refractivity contribution in [1.82, 2.24) is 10.5 Å². The Morgan fingerprint density at radius 2 is 1.96 bits per heavy atom. The van der Waals surface area contributed by atoms with Gasteiger partial charge in [0.05, 0.1) is 6.10 Å². The minimum Gasteiger partial charge on any atom is -0.379 e. The molecule has 130 valence electrons. The molecule has 3 aromatic rings. The normalized spacial score (nSPS) is 11.2. The van der Waals surface area contributed by atoms with Crippen LogP contribution >= 0.6 is 0 Å². The number of carbonyl (C=O) groups is 1. The molecule has 1 N–H and O–H groups in total. The van der Waals surface area contributed by atoms with Crippen molar-refractivity contribution in [3.63, 3.8) is 0 Å². The number of aromatic nitrogens is 1. The number of nitrogens with zero attached hydrogens (tertiary/aromatic N) is 1. The minimum absolute atomic E-state index is 0.204. The van der Waals surface area contributed by atoms with Gasteiger partial charge in [0.15, 0.2) is 11.5 Å². The Kier molecular flexibility index (Phi) is 5.46. The van der Waals surface area contributed by atoms with E-state index in [0.29, 0.717) is 18.9 Å². The smallest absolute Gasteiger partial charge is 0.273 e. The molecule has 0 bridgehead atoms. The Morgan fingerprint density at radius 3 is 2.76 bits per heavy atom. The zero-order chi connectivity index (χ0) is 17.6. The summed E-state index contributed by atoms with van der Waals surface area (Å²) in [5.74, 6) is 0.347. The number of nitrogens with one attached hydrogen (secondary N) is 1. The predicted octanol–water partition coefficient (Wildman–Crippen LogP) is 4.04. The largest absolute Gasteiger partial charge is 0.379 e. The molecule has 1 aromatic heterocycles. The quantitative estimate of drug-likeness (QED) is 0.660. The fourth-order valence-electron chi connectivity index (χ4n) is 2.54. The summed E-state index contributed by atoms with van der Waals surface area (Å²) in [6.07, 6.45) is 0.968. The van der Waals surface area contributed by atoms with Crippen molar-refractivity contribution in [3.05, 3.63) is 54.2 Å². The van der Waals surface area contributed by atoms with Gasteiger partial charge in [-0.2, -0.15) is 0 Å². The number of ether oxygens (including phenoxy) is 1. The summed E-state index contributed by atoms with van der Waals surface area (Å²) in [6, 6.07) is 15.8. The third kappa shape index (κ3) is 4.45. The van der Waals surface area contributed by atoms with Gasteiger partial charge in [-0.05, 0) is 37.1 Å². The van der Waals surface area contributed by atoms with Crippen LogP contribution in [0.25, 0.3) is 22.1 Å². The molecule has 5 nitrogen and oxygen atoms in total. The standard InChI is InChI=1S/C20H22N2O3/c1-14(2)24-11-5-10-21-20(23)18-13-19(25-22-18)17-9-8-15-6-3-4-7-16(15)12-17/h3-4,6-9,12-14H,5,10-11H2,1-2H3,(H,21,23). The van der Waals surface area contributed by atoms with Crippen LogP contribution in [-0.4, -0.2) is 30.3 Å². The van der Waals surface area contributed by atoms with Gasteiger partial charge in [-0.15, -0.1) is 0 Å². The van der Waals surface area contributed by atoms with Crippen molar-refractivity contribution in [2.45, 2.75) is 26.4 Å². The molecule has 0 unspecified atom stereocenters. The Labute approximate surface area is 147 Å². The van der Waals surface area contributed by atoms with Crippen molar-refractivity contribution in [2.75, 3.05) is 13.2 Å². The summed E-state index contributed by atoms with van der Waals surface area (Å²) in [5.41, 5.74) is 1.18. The molecule has 3 rings (SSSR count). The van der Waals surface area contributed by atoms with Gasteiger partial charge < -0.3 is 14.6 Å². The van der Waals surface area contributed by atoms with Crippen LogP contribution in [0.1, 0.15) is 30.8 Å². The Balaban J connectivity index is 1.62. The van der Waals surface area contributed by atoms with E-state index >= 15 is 0 Å². The number of benzene rings is 2. The number of amides is 1. The molecule has 0 aliphatic carbocycles. The van der Waals surface area contributed by atoms with Crippen LogP contribution in [-0.2, 0) is 4.74 Å². The van der Waals surface area contributed by atoms with Gasteiger partial charge in [0.1, 0.15) is 0 Å². The first kappa shape index (κ1) is 17.2. The van der Waals surface area contributed by atoms with E-state index in [1.807, 2.05) is 50.2 Å². The van der Waals surface area contributed by atoms with Crippen LogP contribution in [0.5, 0.6) is 0 Å². The fraction of sp³-hybridized carbons (Fsp3) is 0.300. The molecule has 0 aliphatic rings. The lowest BCUT2D eigenvalue weighted by Gasteiger charge is -2.07. The van der Waals surface area contributed by atoms with E-state index in [1.165, 1.54) is 0 Å². The van der Waals surface area contributed by atoms with Crippen LogP contribution in [0.2, 0.25) is 0 Å². The highest BCUT2D eigenvalue weighted by atomic mass is 16.5. The second kappa shape index (κ2) is 7.94. The van der Waals surface area contributed by atoms with Gasteiger partial charge in [-0.3, -0.25) is 4.79 Å². The molecule has 0 fully saturated rings. The summed E-state index contributed by atoms with van der Waals surface area (Å²) in [4.78, 5) is 12.1. The highest BCUT2D eigenvalue weighted by Gasteiger charge is 2.13. The number of fused-ring (bicyclic) bond motifs is 1. The maximum absolute atomic E-state index is 12.1. The van der Waals surface area contributed by atoms with Crippen LogP contribution in [0.3, 0.4) is 0 Å². The van der Waals surface area contributed by atoms with E-state index in [4.69, 9.17) is 9.26 Å². The third-order valence-electron chi connectivity index (χ3n) is 3.83. The van der Waals surface area contributed by atoms with Crippen molar-refractivity contribution < 1.29 is 14.1 Å². The van der Waals surface area contributed by atoms with E-state index in [-0.39, 0.29) is 17.7 Å². The van der Waals surface area contributed by atoms with Crippen molar-refractivity contribution >= 4 is 16.7 Å². The molecule has 0 aliphatic heterocycles. The number of carbonyl (C=O) groups excluding carboxylic acids is 1. The van der Waals surface area contributed by atoms with Gasteiger partial charge in [0.2, 0.25) is 0 Å². The van der Waals surface area contributed by atoms with Crippen LogP contribution < -0.4 is 5.32 Å². The summed E-state index contributed by atoms with van der Waals surface area (Å²) < 4.78 is 10.8. The van der Waals surface area contributed by atoms with Crippen LogP contribution in [0.4, 0.5) is 0 Å². The molecule has 0 radical (unpaired) electrons. The molecule has 25 heavy (non-hydrogen) atoms. The first-order valence-electron chi connectivity index (χ1n) is 8.49. The molecule has 0 spiro atoms. The predicted molar refractivity (Wildman–Crippen MR) is 97.5 cm³/mol. The summed E-state index contributed by atoms with van der Waals surface area (Å²) in [7, 11) is 0. The topological polar surface area (TPSA) is 64.4 Å². The Hall–Kier alpha value is -2.66. The number of hydrogen-bond acceptors (Lipinski definition) is 4. The van der Waals surface area contributed by atoms with E-state index in [2.05, 4.69) is 16.5 Å². The van der Waals surface area contributed by atoms with Gasteiger partial charge in [0.25, 0.3) is 5.91 Å². The van der Waals surface area contributed by atoms with Crippen molar-refractivity contribution in [3.8, 4) is 11.3 Å². The fourth-order valence-corrected chi connectivity index (χ4v) is 2.54. The molecular formula is C20H22N2O3. The number of hydrogen-bond donors (Lipinski definition) is 1. The van der Waals surface area contributed by atoms with Crippen molar-refractivity contribution in [1.29, 1.82) is 0 Å². The second-order valence-corrected chi connectivity index (χ2v) is 6.17. The van der Waals surface area contributed by atoms with E-state index in [1.54, 1.807) is 6.07 Å². The molecule has 0 atom stereocenters. The molecular weight excluding hydrogens is 316 g/mol. The zero-order valence-electron chi connectivity index (χ0n) is 14.5. The maximum atomic E-state index is 12.1. The van der Waals surface area contributed by atoms with Gasteiger partial charge >= 0.3 is 0 Å². The first-order chi connectivity index (χ1) is 12.1. The molecule has 1 heterocycles. The first-order valence-corrected chi connectivity index (χ1v) is 8.49. The molecule has 1 amide bonds. The lowest BCUT2D eigenvalue weighted by Crippen LogP contribution is -2.25. The van der Waals surface area contributed by atoms with Gasteiger partial charge in [-0.25, -0.2) is 0 Å². The van der Waals surface area contributed by atoms with Gasteiger partial charge in [0, 0.05) is 24.8 Å². The maximum Gasteiger partial charge on any atom is 0.273 e. The molecule has 2 aromatic carbocycles. The molecule has 0 saturated carbocycles. The third-order valence-corrected chi connectivity index (χ3v) is 3.83. The van der Waals surface area contributed by atoms with E-state index in [9.17, 15) is 4.79 Å². The second-order valence-electron chi connectivity index (χ2n) is 6.17. The zero-order valence-corrected chi connectivity index (χ0v) is 14.5. The van der Waals surface area contributed by atoms with E-state index in [0.717, 1.165) is 22.8 Å². The summed E-state index contributed by atoms with van der Waals surface area (Å²) in [6.45, 7) is 5.15. The SMILES string of the molecule is CC(C)OCCCNC(=O)c1cc(-c2ccc3ccccc3c2)on1. The average molecular weight is 338 g/mol. The van der Waals surface area contributed by atoms with Crippen molar-refractivity contribution in [2.24, 2.45) is 0 Å². The highest BCUT2D eigenvalue weighted by Crippen LogP contribution is 2.25. The Morgan fingerprint density at radius 1 is 1.16 bits per heavy atom. The average Bonchev–Trinajstić information content (AvgIpc) is 3.11. The number of rotatable bonds is 7. The highest BCUT2D eigenvalue weighted by molar-refractivity contribution is 5.93. The van der Waals surface area contributed by atoms with Crippen LogP contribution in [0.15, 0.2) is 53.1 Å². The Bertz CT molecular complexity index is 855. The lowest BCUT2D eigenvalue weighted by molar-refractivity contribution is 0.0756. The molecule has 5 heteroatoms. The minimum atomic E-state index is -0.236. The van der Waals surface area contributed by atoms with Crippen LogP contribution in [0, 0.1) is 0 Å². The molecule has 0 saturated heterocycles. The monoisotopic (exact) mass is 338 g/mol.